The van der Waals surface area contributed by atoms with Crippen molar-refractivity contribution >= 4 is 40.6 Å². The third-order valence-corrected chi connectivity index (χ3v) is 5.42. The van der Waals surface area contributed by atoms with Crippen LogP contribution >= 0.6 is 24.8 Å². The highest BCUT2D eigenvalue weighted by Gasteiger charge is 2.35. The summed E-state index contributed by atoms with van der Waals surface area (Å²) in [4.78, 5) is 18.5. The van der Waals surface area contributed by atoms with Crippen molar-refractivity contribution in [1.29, 1.82) is 0 Å². The van der Waals surface area contributed by atoms with E-state index >= 15 is 0 Å². The van der Waals surface area contributed by atoms with Gasteiger partial charge in [-0.1, -0.05) is 19.9 Å². The van der Waals surface area contributed by atoms with Crippen LogP contribution in [0.1, 0.15) is 25.8 Å². The Balaban J connectivity index is 0.00000312. The van der Waals surface area contributed by atoms with Gasteiger partial charge in [-0.05, 0) is 23.5 Å². The Kier molecular flexibility index (Phi) is 10.7. The van der Waals surface area contributed by atoms with Crippen molar-refractivity contribution in [3.05, 3.63) is 30.1 Å². The third-order valence-electron chi connectivity index (χ3n) is 4.47. The molecule has 0 radical (unpaired) electrons. The molecule has 0 unspecified atom stereocenters. The largest absolute Gasteiger partial charge is 0.352 e. The zero-order valence-electron chi connectivity index (χ0n) is 15.4. The van der Waals surface area contributed by atoms with Gasteiger partial charge in [0.1, 0.15) is 9.84 Å². The van der Waals surface area contributed by atoms with Gasteiger partial charge in [-0.2, -0.15) is 0 Å². The molecule has 6 nitrogen and oxygen atoms in total. The molecule has 1 amide bonds. The van der Waals surface area contributed by atoms with Crippen LogP contribution in [0.3, 0.4) is 0 Å². The van der Waals surface area contributed by atoms with Gasteiger partial charge in [-0.3, -0.25) is 14.7 Å². The van der Waals surface area contributed by atoms with E-state index in [1.54, 1.807) is 6.20 Å². The summed E-state index contributed by atoms with van der Waals surface area (Å²) in [5.74, 6) is 0.532. The SMILES string of the molecule is CC(C)[C@H]1CN(Cc2cccnc2)C[C@@H]1NC(=O)CCS(C)(=O)=O.Cl.Cl. The number of sulfone groups is 1. The molecule has 1 fully saturated rings. The average Bonchev–Trinajstić information content (AvgIpc) is 2.88. The number of amides is 1. The highest BCUT2D eigenvalue weighted by atomic mass is 35.5. The number of nitrogens with zero attached hydrogens (tertiary/aromatic N) is 2. The van der Waals surface area contributed by atoms with Crippen LogP contribution in [0.15, 0.2) is 24.5 Å². The van der Waals surface area contributed by atoms with E-state index < -0.39 is 9.84 Å². The van der Waals surface area contributed by atoms with Crippen LogP contribution in [-0.2, 0) is 21.2 Å². The van der Waals surface area contributed by atoms with Crippen molar-refractivity contribution in [1.82, 2.24) is 15.2 Å². The summed E-state index contributed by atoms with van der Waals surface area (Å²) in [6.07, 6.45) is 4.81. The minimum Gasteiger partial charge on any atom is -0.352 e. The molecule has 0 saturated carbocycles. The third kappa shape index (κ3) is 8.20. The molecule has 1 saturated heterocycles. The Labute approximate surface area is 168 Å². The number of rotatable bonds is 7. The fourth-order valence-electron chi connectivity index (χ4n) is 3.18. The second-order valence-corrected chi connectivity index (χ2v) is 9.28. The van der Waals surface area contributed by atoms with E-state index in [0.29, 0.717) is 11.8 Å². The summed E-state index contributed by atoms with van der Waals surface area (Å²) < 4.78 is 22.4. The number of carbonyl (C=O) groups is 1. The number of hydrogen-bond acceptors (Lipinski definition) is 5. The van der Waals surface area contributed by atoms with Crippen LogP contribution in [0, 0.1) is 11.8 Å². The monoisotopic (exact) mass is 425 g/mol. The molecular weight excluding hydrogens is 397 g/mol. The van der Waals surface area contributed by atoms with Crippen molar-refractivity contribution in [3.8, 4) is 0 Å². The molecule has 0 aromatic carbocycles. The second-order valence-electron chi connectivity index (χ2n) is 7.02. The summed E-state index contributed by atoms with van der Waals surface area (Å²) in [5, 5.41) is 3.04. The summed E-state index contributed by atoms with van der Waals surface area (Å²) in [6.45, 7) is 6.83. The minimum absolute atomic E-state index is 0. The first kappa shape index (κ1) is 25.1. The number of likely N-dealkylation sites (tertiary alicyclic amines) is 1. The maximum absolute atomic E-state index is 12.1. The minimum atomic E-state index is -3.11. The molecule has 1 aromatic heterocycles. The van der Waals surface area contributed by atoms with E-state index in [0.717, 1.165) is 31.5 Å². The zero-order valence-corrected chi connectivity index (χ0v) is 17.9. The lowest BCUT2D eigenvalue weighted by atomic mass is 9.91. The van der Waals surface area contributed by atoms with Gasteiger partial charge in [0, 0.05) is 50.7 Å². The van der Waals surface area contributed by atoms with Gasteiger partial charge in [0.25, 0.3) is 0 Å². The van der Waals surface area contributed by atoms with Crippen molar-refractivity contribution < 1.29 is 13.2 Å². The fourth-order valence-corrected chi connectivity index (χ4v) is 3.73. The van der Waals surface area contributed by atoms with Crippen LogP contribution in [0.2, 0.25) is 0 Å². The van der Waals surface area contributed by atoms with Gasteiger partial charge in [-0.15, -0.1) is 24.8 Å². The molecule has 1 aliphatic heterocycles. The molecule has 2 rings (SSSR count). The van der Waals surface area contributed by atoms with Gasteiger partial charge in [0.2, 0.25) is 5.91 Å². The Morgan fingerprint density at radius 3 is 2.58 bits per heavy atom. The molecule has 0 aliphatic carbocycles. The second kappa shape index (κ2) is 11.1. The Morgan fingerprint density at radius 2 is 2.04 bits per heavy atom. The lowest BCUT2D eigenvalue weighted by molar-refractivity contribution is -0.121. The van der Waals surface area contributed by atoms with Crippen molar-refractivity contribution in [3.63, 3.8) is 0 Å². The lowest BCUT2D eigenvalue weighted by Gasteiger charge is -2.22. The van der Waals surface area contributed by atoms with Crippen molar-refractivity contribution in [2.24, 2.45) is 11.8 Å². The van der Waals surface area contributed by atoms with E-state index in [1.165, 1.54) is 0 Å². The summed E-state index contributed by atoms with van der Waals surface area (Å²) in [5.41, 5.74) is 1.16. The molecule has 150 valence electrons. The summed E-state index contributed by atoms with van der Waals surface area (Å²) >= 11 is 0. The molecular formula is C17H29Cl2N3O3S. The number of nitrogens with one attached hydrogen (secondary N) is 1. The number of pyridine rings is 1. The predicted molar refractivity (Wildman–Crippen MR) is 109 cm³/mol. The van der Waals surface area contributed by atoms with Crippen LogP contribution in [0.5, 0.6) is 0 Å². The number of carbonyl (C=O) groups excluding carboxylic acids is 1. The van der Waals surface area contributed by atoms with E-state index in [2.05, 4.69) is 35.1 Å². The first-order valence-electron chi connectivity index (χ1n) is 8.33. The first-order valence-corrected chi connectivity index (χ1v) is 10.4. The molecule has 2 atom stereocenters. The summed E-state index contributed by atoms with van der Waals surface area (Å²) in [7, 11) is -3.11. The van der Waals surface area contributed by atoms with E-state index in [-0.39, 0.29) is 48.9 Å². The quantitative estimate of drug-likeness (QED) is 0.721. The van der Waals surface area contributed by atoms with Crippen LogP contribution in [0.25, 0.3) is 0 Å². The topological polar surface area (TPSA) is 79.4 Å². The number of hydrogen-bond donors (Lipinski definition) is 1. The Bertz CT molecular complexity index is 656. The van der Waals surface area contributed by atoms with Gasteiger partial charge in [0.15, 0.2) is 0 Å². The zero-order chi connectivity index (χ0) is 17.7. The van der Waals surface area contributed by atoms with Gasteiger partial charge in [0.05, 0.1) is 5.75 Å². The van der Waals surface area contributed by atoms with Gasteiger partial charge >= 0.3 is 0 Å². The standard InChI is InChI=1S/C17H27N3O3S.2ClH/c1-13(2)15-11-20(10-14-5-4-7-18-9-14)12-16(15)19-17(21)6-8-24(3,22)23;;/h4-5,7,9,13,15-16H,6,8,10-12H2,1-3H3,(H,19,21);2*1H/t15-,16+;;/m1../s1. The van der Waals surface area contributed by atoms with E-state index in [1.807, 2.05) is 12.3 Å². The molecule has 1 aliphatic rings. The predicted octanol–water partition coefficient (Wildman–Crippen LogP) is 1.93. The normalized spacial score (nSPS) is 20.3. The number of halogens is 2. The van der Waals surface area contributed by atoms with E-state index in [9.17, 15) is 13.2 Å². The lowest BCUT2D eigenvalue weighted by Crippen LogP contribution is -2.42. The van der Waals surface area contributed by atoms with Crippen LogP contribution in [0.4, 0.5) is 0 Å². The molecule has 0 bridgehead atoms. The maximum atomic E-state index is 12.1. The molecule has 9 heteroatoms. The average molecular weight is 426 g/mol. The summed E-state index contributed by atoms with van der Waals surface area (Å²) in [6, 6.07) is 4.04. The first-order chi connectivity index (χ1) is 11.2. The molecule has 1 N–H and O–H groups in total. The fraction of sp³-hybridized carbons (Fsp3) is 0.647. The van der Waals surface area contributed by atoms with Crippen molar-refractivity contribution in [2.75, 3.05) is 25.1 Å². The maximum Gasteiger partial charge on any atom is 0.221 e. The molecule has 1 aromatic rings. The Morgan fingerprint density at radius 1 is 1.35 bits per heavy atom. The van der Waals surface area contributed by atoms with Crippen molar-refractivity contribution in [2.45, 2.75) is 32.9 Å². The molecule has 0 spiro atoms. The molecule has 26 heavy (non-hydrogen) atoms. The smallest absolute Gasteiger partial charge is 0.221 e. The van der Waals surface area contributed by atoms with Crippen LogP contribution in [-0.4, -0.2) is 55.3 Å². The van der Waals surface area contributed by atoms with E-state index in [4.69, 9.17) is 0 Å². The number of aromatic nitrogens is 1. The van der Waals surface area contributed by atoms with Crippen LogP contribution < -0.4 is 5.32 Å². The highest BCUT2D eigenvalue weighted by Crippen LogP contribution is 2.25. The molecule has 2 heterocycles. The highest BCUT2D eigenvalue weighted by molar-refractivity contribution is 7.90. The van der Waals surface area contributed by atoms with Gasteiger partial charge < -0.3 is 5.32 Å². The Hall–Kier alpha value is -0.890. The van der Waals surface area contributed by atoms with Gasteiger partial charge in [-0.25, -0.2) is 8.42 Å².